The molecular formula is C23H37IN4O2. The van der Waals surface area contributed by atoms with Crippen LogP contribution in [0.3, 0.4) is 0 Å². The molecule has 168 valence electrons. The summed E-state index contributed by atoms with van der Waals surface area (Å²) in [4.78, 5) is 20.9. The van der Waals surface area contributed by atoms with Crippen LogP contribution >= 0.6 is 24.0 Å². The van der Waals surface area contributed by atoms with Crippen molar-refractivity contribution in [2.24, 2.45) is 10.9 Å². The fraction of sp³-hybridized carbons (Fsp3) is 0.652. The average Bonchev–Trinajstić information content (AvgIpc) is 3.14. The summed E-state index contributed by atoms with van der Waals surface area (Å²) in [5.41, 5.74) is 2.37. The summed E-state index contributed by atoms with van der Waals surface area (Å²) in [6.45, 7) is 8.02. The molecule has 1 N–H and O–H groups in total. The molecule has 2 aliphatic heterocycles. The first-order chi connectivity index (χ1) is 14.2. The summed E-state index contributed by atoms with van der Waals surface area (Å²) in [6.07, 6.45) is 5.20. The fourth-order valence-electron chi connectivity index (χ4n) is 4.07. The lowest BCUT2D eigenvalue weighted by Crippen LogP contribution is -2.40. The van der Waals surface area contributed by atoms with Crippen molar-refractivity contribution in [1.82, 2.24) is 15.1 Å². The van der Waals surface area contributed by atoms with Crippen molar-refractivity contribution in [1.29, 1.82) is 0 Å². The number of hydrogen-bond acceptors (Lipinski definition) is 3. The van der Waals surface area contributed by atoms with Crippen LogP contribution in [0.4, 0.5) is 0 Å². The summed E-state index contributed by atoms with van der Waals surface area (Å²) < 4.78 is 5.47. The van der Waals surface area contributed by atoms with Gasteiger partial charge in [0.05, 0.1) is 6.54 Å². The van der Waals surface area contributed by atoms with Gasteiger partial charge in [-0.05, 0) is 49.7 Å². The molecule has 0 bridgehead atoms. The number of amides is 1. The zero-order valence-electron chi connectivity index (χ0n) is 18.4. The molecule has 0 unspecified atom stereocenters. The van der Waals surface area contributed by atoms with Gasteiger partial charge in [-0.15, -0.1) is 24.0 Å². The van der Waals surface area contributed by atoms with Gasteiger partial charge in [-0.1, -0.05) is 24.3 Å². The van der Waals surface area contributed by atoms with Crippen LogP contribution in [-0.2, 0) is 22.6 Å². The Bertz CT molecular complexity index is 692. The lowest BCUT2D eigenvalue weighted by Gasteiger charge is -2.27. The van der Waals surface area contributed by atoms with E-state index in [1.165, 1.54) is 30.4 Å². The van der Waals surface area contributed by atoms with Crippen molar-refractivity contribution >= 4 is 35.8 Å². The number of carbonyl (C=O) groups excluding carboxylic acids is 1. The van der Waals surface area contributed by atoms with Gasteiger partial charge >= 0.3 is 0 Å². The van der Waals surface area contributed by atoms with E-state index in [0.717, 1.165) is 51.1 Å². The van der Waals surface area contributed by atoms with Gasteiger partial charge < -0.3 is 19.9 Å². The highest BCUT2D eigenvalue weighted by Gasteiger charge is 2.20. The second kappa shape index (κ2) is 13.1. The molecular weight excluding hydrogens is 491 g/mol. The summed E-state index contributed by atoms with van der Waals surface area (Å²) in [5.74, 6) is 1.99. The normalized spacial score (nSPS) is 17.7. The van der Waals surface area contributed by atoms with Gasteiger partial charge in [-0.25, -0.2) is 4.99 Å². The number of nitrogens with one attached hydrogen (secondary N) is 1. The van der Waals surface area contributed by atoms with Crippen molar-refractivity contribution < 1.29 is 9.53 Å². The number of likely N-dealkylation sites (tertiary alicyclic amines) is 1. The van der Waals surface area contributed by atoms with Gasteiger partial charge in [0, 0.05) is 52.9 Å². The van der Waals surface area contributed by atoms with Gasteiger partial charge in [0.15, 0.2) is 5.96 Å². The first-order valence-corrected chi connectivity index (χ1v) is 11.1. The Morgan fingerprint density at radius 3 is 2.77 bits per heavy atom. The predicted molar refractivity (Wildman–Crippen MR) is 132 cm³/mol. The summed E-state index contributed by atoms with van der Waals surface area (Å²) in [5, 5.41) is 3.42. The number of carbonyl (C=O) groups is 1. The number of guanidine groups is 1. The van der Waals surface area contributed by atoms with Gasteiger partial charge in [0.1, 0.15) is 0 Å². The lowest BCUT2D eigenvalue weighted by atomic mass is 9.96. The van der Waals surface area contributed by atoms with Crippen LogP contribution in [0, 0.1) is 5.92 Å². The van der Waals surface area contributed by atoms with E-state index in [1.807, 2.05) is 4.90 Å². The Balaban J connectivity index is 0.00000320. The molecule has 1 aromatic rings. The third-order valence-electron chi connectivity index (χ3n) is 5.86. The molecule has 3 rings (SSSR count). The Hall–Kier alpha value is -1.35. The number of benzene rings is 1. The van der Waals surface area contributed by atoms with Gasteiger partial charge in [-0.2, -0.15) is 0 Å². The minimum atomic E-state index is 0. The fourth-order valence-corrected chi connectivity index (χ4v) is 4.07. The molecule has 0 atom stereocenters. The molecule has 0 radical (unpaired) electrons. The van der Waals surface area contributed by atoms with Crippen LogP contribution in [0.15, 0.2) is 29.3 Å². The zero-order valence-corrected chi connectivity index (χ0v) is 20.8. The summed E-state index contributed by atoms with van der Waals surface area (Å²) in [6, 6.07) is 8.47. The third kappa shape index (κ3) is 7.72. The van der Waals surface area contributed by atoms with E-state index in [9.17, 15) is 4.79 Å². The van der Waals surface area contributed by atoms with Gasteiger partial charge in [-0.3, -0.25) is 4.79 Å². The molecule has 2 saturated heterocycles. The molecule has 2 heterocycles. The van der Waals surface area contributed by atoms with Crippen molar-refractivity contribution in [2.45, 2.75) is 52.1 Å². The Morgan fingerprint density at radius 1 is 1.30 bits per heavy atom. The van der Waals surface area contributed by atoms with Crippen LogP contribution in [0.1, 0.15) is 50.2 Å². The van der Waals surface area contributed by atoms with Crippen LogP contribution in [0.5, 0.6) is 0 Å². The Labute approximate surface area is 198 Å². The quantitative estimate of drug-likeness (QED) is 0.318. The molecule has 7 heteroatoms. The first-order valence-electron chi connectivity index (χ1n) is 11.1. The van der Waals surface area contributed by atoms with Gasteiger partial charge in [0.2, 0.25) is 5.91 Å². The lowest BCUT2D eigenvalue weighted by molar-refractivity contribution is -0.128. The smallest absolute Gasteiger partial charge is 0.222 e. The third-order valence-corrected chi connectivity index (χ3v) is 5.86. The van der Waals surface area contributed by atoms with Crippen molar-refractivity contribution in [3.63, 3.8) is 0 Å². The van der Waals surface area contributed by atoms with Crippen LogP contribution in [0.2, 0.25) is 0 Å². The van der Waals surface area contributed by atoms with Crippen molar-refractivity contribution in [3.05, 3.63) is 35.4 Å². The maximum atomic E-state index is 11.9. The average molecular weight is 528 g/mol. The number of nitrogens with zero attached hydrogens (tertiary/aromatic N) is 3. The topological polar surface area (TPSA) is 57.2 Å². The highest BCUT2D eigenvalue weighted by Crippen LogP contribution is 2.19. The van der Waals surface area contributed by atoms with E-state index < -0.39 is 0 Å². The van der Waals surface area contributed by atoms with Gasteiger partial charge in [0.25, 0.3) is 0 Å². The second-order valence-corrected chi connectivity index (χ2v) is 8.17. The summed E-state index contributed by atoms with van der Waals surface area (Å²) >= 11 is 0. The first kappa shape index (κ1) is 24.9. The molecule has 2 fully saturated rings. The van der Waals surface area contributed by atoms with Crippen LogP contribution in [-0.4, -0.2) is 61.6 Å². The van der Waals surface area contributed by atoms with E-state index >= 15 is 0 Å². The SMILES string of the molecule is CCNC(=NCc1cccc(CN2CCCC2=O)c1)N(C)CCC1CCOCC1.I. The van der Waals surface area contributed by atoms with Crippen molar-refractivity contribution in [3.8, 4) is 0 Å². The number of hydrogen-bond donors (Lipinski definition) is 1. The molecule has 0 aliphatic carbocycles. The molecule has 1 aromatic carbocycles. The van der Waals surface area contributed by atoms with E-state index in [4.69, 9.17) is 9.73 Å². The van der Waals surface area contributed by atoms with Crippen molar-refractivity contribution in [2.75, 3.05) is 39.9 Å². The zero-order chi connectivity index (χ0) is 20.5. The molecule has 1 amide bonds. The Kier molecular flexibility index (Phi) is 10.9. The highest BCUT2D eigenvalue weighted by molar-refractivity contribution is 14.0. The highest BCUT2D eigenvalue weighted by atomic mass is 127. The molecule has 0 aromatic heterocycles. The molecule has 30 heavy (non-hydrogen) atoms. The standard InChI is InChI=1S/C23H36N4O2.HI/c1-3-24-23(26(2)13-9-19-10-14-29-15-11-19)25-17-20-6-4-7-21(16-20)18-27-12-5-8-22(27)28;/h4,6-7,16,19H,3,5,8-15,17-18H2,1-2H3,(H,24,25);1H. The van der Waals surface area contributed by atoms with Crippen LogP contribution < -0.4 is 5.32 Å². The Morgan fingerprint density at radius 2 is 2.07 bits per heavy atom. The molecule has 0 spiro atoms. The number of aliphatic imine (C=N–C) groups is 1. The molecule has 6 nitrogen and oxygen atoms in total. The summed E-state index contributed by atoms with van der Waals surface area (Å²) in [7, 11) is 2.12. The van der Waals surface area contributed by atoms with E-state index in [-0.39, 0.29) is 29.9 Å². The van der Waals surface area contributed by atoms with E-state index in [2.05, 4.69) is 48.5 Å². The minimum Gasteiger partial charge on any atom is -0.381 e. The monoisotopic (exact) mass is 528 g/mol. The van der Waals surface area contributed by atoms with E-state index in [1.54, 1.807) is 0 Å². The second-order valence-electron chi connectivity index (χ2n) is 8.17. The number of halogens is 1. The number of rotatable bonds is 8. The predicted octanol–water partition coefficient (Wildman–Crippen LogP) is 3.64. The maximum Gasteiger partial charge on any atom is 0.222 e. The van der Waals surface area contributed by atoms with Crippen LogP contribution in [0.25, 0.3) is 0 Å². The maximum absolute atomic E-state index is 11.9. The molecule has 0 saturated carbocycles. The minimum absolute atomic E-state index is 0. The number of ether oxygens (including phenoxy) is 1. The van der Waals surface area contributed by atoms with E-state index in [0.29, 0.717) is 19.5 Å². The molecule has 2 aliphatic rings. The largest absolute Gasteiger partial charge is 0.381 e.